The van der Waals surface area contributed by atoms with Crippen molar-refractivity contribution in [2.45, 2.75) is 33.2 Å². The number of rotatable bonds is 4. The second-order valence-corrected chi connectivity index (χ2v) is 6.91. The summed E-state index contributed by atoms with van der Waals surface area (Å²) in [6.45, 7) is 9.58. The smallest absolute Gasteiger partial charge is 0.224 e. The number of halogens is 1. The summed E-state index contributed by atoms with van der Waals surface area (Å²) in [4.78, 5) is 11.2. The number of nitrogens with one attached hydrogen (secondary N) is 1. The Morgan fingerprint density at radius 3 is 2.95 bits per heavy atom. The van der Waals surface area contributed by atoms with Gasteiger partial charge < -0.3 is 10.2 Å². The van der Waals surface area contributed by atoms with Crippen LogP contribution in [0.3, 0.4) is 0 Å². The van der Waals surface area contributed by atoms with Crippen LogP contribution in [0.1, 0.15) is 25.8 Å². The van der Waals surface area contributed by atoms with Crippen molar-refractivity contribution in [3.63, 3.8) is 0 Å². The number of aryl methyl sites for hydroxylation is 1. The van der Waals surface area contributed by atoms with E-state index in [2.05, 4.69) is 59.2 Å². The SMILES string of the molecule is Cc1ccc2c(N3CC[C@@H](NCC(C)C)C3)nc(Cl)nc2c1. The lowest BCUT2D eigenvalue weighted by Crippen LogP contribution is -2.35. The minimum atomic E-state index is 0.326. The molecular weight excluding hydrogens is 296 g/mol. The van der Waals surface area contributed by atoms with E-state index in [1.54, 1.807) is 0 Å². The van der Waals surface area contributed by atoms with Crippen LogP contribution in [0.4, 0.5) is 5.82 Å². The number of hydrogen-bond acceptors (Lipinski definition) is 4. The maximum atomic E-state index is 6.13. The Labute approximate surface area is 136 Å². The minimum Gasteiger partial charge on any atom is -0.354 e. The fraction of sp³-hybridized carbons (Fsp3) is 0.529. The Morgan fingerprint density at radius 1 is 1.36 bits per heavy atom. The van der Waals surface area contributed by atoms with Gasteiger partial charge in [0.05, 0.1) is 5.52 Å². The van der Waals surface area contributed by atoms with E-state index < -0.39 is 0 Å². The van der Waals surface area contributed by atoms with Gasteiger partial charge >= 0.3 is 0 Å². The van der Waals surface area contributed by atoms with E-state index in [9.17, 15) is 0 Å². The second-order valence-electron chi connectivity index (χ2n) is 6.57. The molecule has 2 aromatic rings. The van der Waals surface area contributed by atoms with E-state index in [4.69, 9.17) is 11.6 Å². The molecule has 1 aliphatic rings. The van der Waals surface area contributed by atoms with Crippen LogP contribution in [-0.4, -0.2) is 35.6 Å². The standard InChI is InChI=1S/C17H23ClN4/c1-11(2)9-19-13-6-7-22(10-13)16-14-5-4-12(3)8-15(14)20-17(18)21-16/h4-5,8,11,13,19H,6-7,9-10H2,1-3H3/t13-/m1/s1. The van der Waals surface area contributed by atoms with Gasteiger partial charge in [0, 0.05) is 24.5 Å². The van der Waals surface area contributed by atoms with Crippen molar-refractivity contribution >= 4 is 28.3 Å². The maximum absolute atomic E-state index is 6.13. The monoisotopic (exact) mass is 318 g/mol. The second kappa shape index (κ2) is 6.39. The predicted molar refractivity (Wildman–Crippen MR) is 92.7 cm³/mol. The van der Waals surface area contributed by atoms with E-state index in [0.29, 0.717) is 17.2 Å². The molecule has 1 atom stereocenters. The van der Waals surface area contributed by atoms with Gasteiger partial charge in [0.1, 0.15) is 5.82 Å². The highest BCUT2D eigenvalue weighted by atomic mass is 35.5. The molecule has 0 radical (unpaired) electrons. The van der Waals surface area contributed by atoms with Crippen LogP contribution in [-0.2, 0) is 0 Å². The molecule has 1 aromatic heterocycles. The molecule has 1 saturated heterocycles. The molecule has 5 heteroatoms. The topological polar surface area (TPSA) is 41.0 Å². The molecule has 0 saturated carbocycles. The third-order valence-electron chi connectivity index (χ3n) is 4.11. The molecule has 118 valence electrons. The highest BCUT2D eigenvalue weighted by Gasteiger charge is 2.25. The molecule has 0 spiro atoms. The van der Waals surface area contributed by atoms with E-state index in [-0.39, 0.29) is 0 Å². The zero-order chi connectivity index (χ0) is 15.7. The average Bonchev–Trinajstić information content (AvgIpc) is 2.92. The van der Waals surface area contributed by atoms with Gasteiger partial charge in [-0.15, -0.1) is 0 Å². The Kier molecular flexibility index (Phi) is 4.50. The molecule has 22 heavy (non-hydrogen) atoms. The molecule has 2 heterocycles. The Balaban J connectivity index is 1.85. The third-order valence-corrected chi connectivity index (χ3v) is 4.28. The first-order valence-electron chi connectivity index (χ1n) is 7.95. The van der Waals surface area contributed by atoms with Crippen LogP contribution in [0.2, 0.25) is 5.28 Å². The number of benzene rings is 1. The first-order valence-corrected chi connectivity index (χ1v) is 8.33. The zero-order valence-corrected chi connectivity index (χ0v) is 14.2. The maximum Gasteiger partial charge on any atom is 0.224 e. The van der Waals surface area contributed by atoms with Crippen LogP contribution < -0.4 is 10.2 Å². The summed E-state index contributed by atoms with van der Waals surface area (Å²) in [6, 6.07) is 6.80. The van der Waals surface area contributed by atoms with E-state index in [1.807, 2.05) is 0 Å². The molecule has 1 aliphatic heterocycles. The molecule has 3 rings (SSSR count). The van der Waals surface area contributed by atoms with Crippen molar-refractivity contribution in [1.82, 2.24) is 15.3 Å². The Morgan fingerprint density at radius 2 is 2.18 bits per heavy atom. The fourth-order valence-electron chi connectivity index (χ4n) is 2.96. The molecule has 0 bridgehead atoms. The van der Waals surface area contributed by atoms with E-state index >= 15 is 0 Å². The molecule has 0 aliphatic carbocycles. The van der Waals surface area contributed by atoms with Crippen molar-refractivity contribution in [2.24, 2.45) is 5.92 Å². The van der Waals surface area contributed by atoms with Crippen LogP contribution in [0.15, 0.2) is 18.2 Å². The van der Waals surface area contributed by atoms with Crippen LogP contribution in [0, 0.1) is 12.8 Å². The number of nitrogens with zero attached hydrogens (tertiary/aromatic N) is 3. The van der Waals surface area contributed by atoms with Crippen molar-refractivity contribution in [3.8, 4) is 0 Å². The van der Waals surface area contributed by atoms with Crippen LogP contribution in [0.5, 0.6) is 0 Å². The molecule has 0 amide bonds. The van der Waals surface area contributed by atoms with E-state index in [0.717, 1.165) is 42.8 Å². The van der Waals surface area contributed by atoms with Crippen molar-refractivity contribution in [3.05, 3.63) is 29.0 Å². The summed E-state index contributed by atoms with van der Waals surface area (Å²) in [5, 5.41) is 5.04. The summed E-state index contributed by atoms with van der Waals surface area (Å²) < 4.78 is 0. The van der Waals surface area contributed by atoms with Gasteiger partial charge in [0.2, 0.25) is 5.28 Å². The quantitative estimate of drug-likeness (QED) is 0.877. The first-order chi connectivity index (χ1) is 10.5. The number of fused-ring (bicyclic) bond motifs is 1. The summed E-state index contributed by atoms with van der Waals surface area (Å²) >= 11 is 6.13. The van der Waals surface area contributed by atoms with Gasteiger partial charge in [-0.25, -0.2) is 4.98 Å². The number of aromatic nitrogens is 2. The van der Waals surface area contributed by atoms with Crippen molar-refractivity contribution in [2.75, 3.05) is 24.5 Å². The molecular formula is C17H23ClN4. The van der Waals surface area contributed by atoms with Crippen LogP contribution in [0.25, 0.3) is 10.9 Å². The summed E-state index contributed by atoms with van der Waals surface area (Å²) in [5.74, 6) is 1.63. The molecule has 0 unspecified atom stereocenters. The molecule has 4 nitrogen and oxygen atoms in total. The van der Waals surface area contributed by atoms with E-state index in [1.165, 1.54) is 5.56 Å². The highest BCUT2D eigenvalue weighted by molar-refractivity contribution is 6.28. The lowest BCUT2D eigenvalue weighted by atomic mass is 10.1. The van der Waals surface area contributed by atoms with Crippen molar-refractivity contribution < 1.29 is 0 Å². The highest BCUT2D eigenvalue weighted by Crippen LogP contribution is 2.28. The van der Waals surface area contributed by atoms with Gasteiger partial charge in [-0.1, -0.05) is 19.9 Å². The normalized spacial score (nSPS) is 18.6. The fourth-order valence-corrected chi connectivity index (χ4v) is 3.13. The zero-order valence-electron chi connectivity index (χ0n) is 13.4. The first kappa shape index (κ1) is 15.5. The Bertz CT molecular complexity index is 666. The summed E-state index contributed by atoms with van der Waals surface area (Å²) in [6.07, 6.45) is 1.14. The molecule has 1 N–H and O–H groups in total. The average molecular weight is 319 g/mol. The van der Waals surface area contributed by atoms with Gasteiger partial charge in [-0.05, 0) is 55.1 Å². The van der Waals surface area contributed by atoms with Gasteiger partial charge in [0.15, 0.2) is 0 Å². The van der Waals surface area contributed by atoms with Crippen LogP contribution >= 0.6 is 11.6 Å². The summed E-state index contributed by atoms with van der Waals surface area (Å²) in [7, 11) is 0. The number of anilines is 1. The van der Waals surface area contributed by atoms with Crippen molar-refractivity contribution in [1.29, 1.82) is 0 Å². The minimum absolute atomic E-state index is 0.326. The van der Waals surface area contributed by atoms with Gasteiger partial charge in [0.25, 0.3) is 0 Å². The largest absolute Gasteiger partial charge is 0.354 e. The molecule has 1 aromatic carbocycles. The Hall–Kier alpha value is -1.39. The number of hydrogen-bond donors (Lipinski definition) is 1. The predicted octanol–water partition coefficient (Wildman–Crippen LogP) is 3.42. The lowest BCUT2D eigenvalue weighted by Gasteiger charge is -2.20. The lowest BCUT2D eigenvalue weighted by molar-refractivity contribution is 0.485. The van der Waals surface area contributed by atoms with Gasteiger partial charge in [-0.2, -0.15) is 4.98 Å². The van der Waals surface area contributed by atoms with Gasteiger partial charge in [-0.3, -0.25) is 0 Å². The summed E-state index contributed by atoms with van der Waals surface area (Å²) in [5.41, 5.74) is 2.11. The molecule has 1 fully saturated rings. The third kappa shape index (κ3) is 3.33.